The van der Waals surface area contributed by atoms with Crippen molar-refractivity contribution in [2.75, 3.05) is 0 Å². The number of aromatic nitrogens is 3. The molecule has 0 saturated carbocycles. The second-order valence-electron chi connectivity index (χ2n) is 4.88. The predicted molar refractivity (Wildman–Crippen MR) is 82.5 cm³/mol. The normalized spacial score (nSPS) is 11.3. The van der Waals surface area contributed by atoms with Crippen LogP contribution in [0.2, 0.25) is 0 Å². The zero-order valence-corrected chi connectivity index (χ0v) is 12.3. The van der Waals surface area contributed by atoms with E-state index in [0.717, 1.165) is 12.3 Å². The molecular weight excluding hydrogens is 323 g/mol. The number of thiophene rings is 1. The highest BCUT2D eigenvalue weighted by atomic mass is 32.1. The summed E-state index contributed by atoms with van der Waals surface area (Å²) in [6, 6.07) is 5.53. The highest BCUT2D eigenvalue weighted by molar-refractivity contribution is 7.13. The monoisotopic (exact) mass is 331 g/mol. The average molecular weight is 331 g/mol. The van der Waals surface area contributed by atoms with Crippen LogP contribution in [0.4, 0.5) is 13.2 Å². The Morgan fingerprint density at radius 2 is 1.96 bits per heavy atom. The maximum atomic E-state index is 14.0. The van der Waals surface area contributed by atoms with Crippen LogP contribution in [-0.4, -0.2) is 15.0 Å². The van der Waals surface area contributed by atoms with Crippen LogP contribution in [0.3, 0.4) is 0 Å². The lowest BCUT2D eigenvalue weighted by Crippen LogP contribution is -1.94. The van der Waals surface area contributed by atoms with Crippen LogP contribution in [-0.2, 0) is 0 Å². The average Bonchev–Trinajstić information content (AvgIpc) is 3.17. The molecule has 3 aromatic heterocycles. The topological polar surface area (TPSA) is 41.6 Å². The molecule has 0 unspecified atom stereocenters. The molecule has 0 amide bonds. The van der Waals surface area contributed by atoms with Crippen molar-refractivity contribution >= 4 is 22.2 Å². The van der Waals surface area contributed by atoms with Crippen LogP contribution in [0.15, 0.2) is 42.0 Å². The molecule has 4 rings (SSSR count). The predicted octanol–water partition coefficient (Wildman–Crippen LogP) is 4.77. The molecule has 7 heteroatoms. The maximum Gasteiger partial charge on any atom is 0.168 e. The summed E-state index contributed by atoms with van der Waals surface area (Å²) < 4.78 is 41.2. The largest absolute Gasteiger partial charge is 0.358 e. The van der Waals surface area contributed by atoms with Gasteiger partial charge in [0.25, 0.3) is 0 Å². The third-order valence-corrected chi connectivity index (χ3v) is 4.32. The Balaban J connectivity index is 1.94. The number of benzene rings is 1. The molecule has 0 radical (unpaired) electrons. The first-order chi connectivity index (χ1) is 11.1. The van der Waals surface area contributed by atoms with Gasteiger partial charge in [0.1, 0.15) is 17.3 Å². The van der Waals surface area contributed by atoms with Crippen molar-refractivity contribution in [2.24, 2.45) is 0 Å². The van der Waals surface area contributed by atoms with Crippen LogP contribution < -0.4 is 0 Å². The molecule has 0 aliphatic carbocycles. The van der Waals surface area contributed by atoms with E-state index in [-0.39, 0.29) is 17.0 Å². The molecule has 0 atom stereocenters. The summed E-state index contributed by atoms with van der Waals surface area (Å²) in [5.41, 5.74) is 0.736. The van der Waals surface area contributed by atoms with Crippen molar-refractivity contribution in [3.8, 4) is 22.0 Å². The fraction of sp³-hybridized carbons (Fsp3) is 0. The maximum absolute atomic E-state index is 14.0. The van der Waals surface area contributed by atoms with Crippen molar-refractivity contribution in [3.63, 3.8) is 0 Å². The number of hydrogen-bond donors (Lipinski definition) is 1. The zero-order chi connectivity index (χ0) is 16.0. The minimum atomic E-state index is -0.702. The summed E-state index contributed by atoms with van der Waals surface area (Å²) in [7, 11) is 0. The summed E-state index contributed by atoms with van der Waals surface area (Å²) in [5, 5.41) is 2.12. The summed E-state index contributed by atoms with van der Waals surface area (Å²) in [5.74, 6) is -1.75. The lowest BCUT2D eigenvalue weighted by Gasteiger charge is -2.03. The van der Waals surface area contributed by atoms with Gasteiger partial charge in [-0.2, -0.15) is 0 Å². The SMILES string of the molecule is Fc1cc(F)c2[nH]cc(-c3ncc(F)c(-c4cccs4)n3)c2c1. The van der Waals surface area contributed by atoms with Gasteiger partial charge in [-0.1, -0.05) is 6.07 Å². The van der Waals surface area contributed by atoms with E-state index in [2.05, 4.69) is 15.0 Å². The van der Waals surface area contributed by atoms with Crippen molar-refractivity contribution in [3.05, 3.63) is 59.5 Å². The summed E-state index contributed by atoms with van der Waals surface area (Å²) in [6.45, 7) is 0. The lowest BCUT2D eigenvalue weighted by atomic mass is 10.1. The Kier molecular flexibility index (Phi) is 3.16. The third kappa shape index (κ3) is 2.29. The first-order valence-electron chi connectivity index (χ1n) is 6.66. The van der Waals surface area contributed by atoms with Crippen LogP contribution in [0.1, 0.15) is 0 Å². The minimum absolute atomic E-state index is 0.159. The number of halogens is 3. The Labute approximate surface area is 132 Å². The van der Waals surface area contributed by atoms with Crippen molar-refractivity contribution < 1.29 is 13.2 Å². The summed E-state index contributed by atoms with van der Waals surface area (Å²) in [6.07, 6.45) is 2.55. The number of H-pyrrole nitrogens is 1. The van der Waals surface area contributed by atoms with Crippen LogP contribution in [0, 0.1) is 17.5 Å². The number of aromatic amines is 1. The fourth-order valence-electron chi connectivity index (χ4n) is 2.42. The van der Waals surface area contributed by atoms with E-state index in [4.69, 9.17) is 0 Å². The van der Waals surface area contributed by atoms with E-state index in [1.165, 1.54) is 23.6 Å². The van der Waals surface area contributed by atoms with Crippen LogP contribution in [0.5, 0.6) is 0 Å². The van der Waals surface area contributed by atoms with Crippen LogP contribution >= 0.6 is 11.3 Å². The molecule has 23 heavy (non-hydrogen) atoms. The van der Waals surface area contributed by atoms with E-state index < -0.39 is 17.5 Å². The Morgan fingerprint density at radius 1 is 1.09 bits per heavy atom. The van der Waals surface area contributed by atoms with Crippen molar-refractivity contribution in [1.29, 1.82) is 0 Å². The molecule has 0 bridgehead atoms. The first-order valence-corrected chi connectivity index (χ1v) is 7.54. The van der Waals surface area contributed by atoms with E-state index in [0.29, 0.717) is 15.8 Å². The zero-order valence-electron chi connectivity index (χ0n) is 11.5. The van der Waals surface area contributed by atoms with E-state index in [1.54, 1.807) is 12.1 Å². The number of nitrogens with zero attached hydrogens (tertiary/aromatic N) is 2. The van der Waals surface area contributed by atoms with Crippen molar-refractivity contribution in [2.45, 2.75) is 0 Å². The summed E-state index contributed by atoms with van der Waals surface area (Å²) in [4.78, 5) is 11.6. The molecule has 4 aromatic rings. The standard InChI is InChI=1S/C16H8F3N3S/c17-8-4-9-10(6-20-14(9)11(18)5-8)16-21-7-12(19)15(22-16)13-2-1-3-23-13/h1-7,20H. The van der Waals surface area contributed by atoms with Crippen LogP contribution in [0.25, 0.3) is 32.9 Å². The molecule has 0 aliphatic heterocycles. The van der Waals surface area contributed by atoms with Gasteiger partial charge in [-0.25, -0.2) is 23.1 Å². The molecule has 0 spiro atoms. The smallest absolute Gasteiger partial charge is 0.168 e. The van der Waals surface area contributed by atoms with Gasteiger partial charge >= 0.3 is 0 Å². The third-order valence-electron chi connectivity index (χ3n) is 3.45. The van der Waals surface area contributed by atoms with Gasteiger partial charge in [-0.15, -0.1) is 11.3 Å². The Hall–Kier alpha value is -2.67. The molecular formula is C16H8F3N3S. The van der Waals surface area contributed by atoms with Gasteiger partial charge in [0.2, 0.25) is 0 Å². The Morgan fingerprint density at radius 3 is 2.74 bits per heavy atom. The number of nitrogens with one attached hydrogen (secondary N) is 1. The summed E-state index contributed by atoms with van der Waals surface area (Å²) >= 11 is 1.35. The minimum Gasteiger partial charge on any atom is -0.358 e. The lowest BCUT2D eigenvalue weighted by molar-refractivity contribution is 0.591. The molecule has 3 nitrogen and oxygen atoms in total. The molecule has 1 aromatic carbocycles. The second-order valence-corrected chi connectivity index (χ2v) is 5.83. The highest BCUT2D eigenvalue weighted by Crippen LogP contribution is 2.31. The molecule has 3 heterocycles. The highest BCUT2D eigenvalue weighted by Gasteiger charge is 2.16. The fourth-order valence-corrected chi connectivity index (χ4v) is 3.14. The molecule has 0 saturated heterocycles. The first kappa shape index (κ1) is 14.0. The number of rotatable bonds is 2. The Bertz CT molecular complexity index is 1010. The molecule has 1 N–H and O–H groups in total. The number of fused-ring (bicyclic) bond motifs is 1. The van der Waals surface area contributed by atoms with E-state index in [1.807, 2.05) is 5.38 Å². The van der Waals surface area contributed by atoms with Gasteiger partial charge in [-0.05, 0) is 17.5 Å². The van der Waals surface area contributed by atoms with Crippen molar-refractivity contribution in [1.82, 2.24) is 15.0 Å². The molecule has 114 valence electrons. The van der Waals surface area contributed by atoms with Gasteiger partial charge < -0.3 is 4.98 Å². The molecule has 0 aliphatic rings. The number of hydrogen-bond acceptors (Lipinski definition) is 3. The van der Waals surface area contributed by atoms with Gasteiger partial charge in [-0.3, -0.25) is 0 Å². The van der Waals surface area contributed by atoms with Gasteiger partial charge in [0.15, 0.2) is 11.6 Å². The van der Waals surface area contributed by atoms with E-state index in [9.17, 15) is 13.2 Å². The quantitative estimate of drug-likeness (QED) is 0.575. The second kappa shape index (κ2) is 5.20. The van der Waals surface area contributed by atoms with Gasteiger partial charge in [0.05, 0.1) is 16.6 Å². The molecule has 0 fully saturated rings. The van der Waals surface area contributed by atoms with E-state index >= 15 is 0 Å². The van der Waals surface area contributed by atoms with Gasteiger partial charge in [0, 0.05) is 23.2 Å².